The Morgan fingerprint density at radius 1 is 1.40 bits per heavy atom. The lowest BCUT2D eigenvalue weighted by atomic mass is 9.94. The SMILES string of the molecule is CCOc1cc(N(C)CC2(O)CCOCC2)ccc1N. The van der Waals surface area contributed by atoms with Crippen LogP contribution in [0.1, 0.15) is 19.8 Å². The predicted molar refractivity (Wildman–Crippen MR) is 80.3 cm³/mol. The maximum Gasteiger partial charge on any atom is 0.144 e. The molecule has 1 aliphatic rings. The van der Waals surface area contributed by atoms with Gasteiger partial charge in [-0.3, -0.25) is 0 Å². The van der Waals surface area contributed by atoms with Gasteiger partial charge in [-0.05, 0) is 19.1 Å². The molecule has 112 valence electrons. The van der Waals surface area contributed by atoms with Crippen LogP contribution in [-0.2, 0) is 4.74 Å². The van der Waals surface area contributed by atoms with Gasteiger partial charge in [0.1, 0.15) is 5.75 Å². The van der Waals surface area contributed by atoms with Gasteiger partial charge in [-0.2, -0.15) is 0 Å². The molecule has 1 aliphatic heterocycles. The Labute approximate surface area is 120 Å². The van der Waals surface area contributed by atoms with E-state index in [-0.39, 0.29) is 0 Å². The van der Waals surface area contributed by atoms with E-state index in [1.165, 1.54) is 0 Å². The number of nitrogens with two attached hydrogens (primary N) is 1. The first-order chi connectivity index (χ1) is 9.54. The van der Waals surface area contributed by atoms with E-state index in [4.69, 9.17) is 15.2 Å². The second-order valence-corrected chi connectivity index (χ2v) is 5.35. The molecule has 0 unspecified atom stereocenters. The minimum atomic E-state index is -0.680. The third kappa shape index (κ3) is 3.55. The third-order valence-electron chi connectivity index (χ3n) is 3.69. The first-order valence-corrected chi connectivity index (χ1v) is 7.08. The quantitative estimate of drug-likeness (QED) is 0.803. The number of aliphatic hydroxyl groups is 1. The first-order valence-electron chi connectivity index (χ1n) is 7.08. The molecule has 5 heteroatoms. The number of hydrogen-bond donors (Lipinski definition) is 2. The summed E-state index contributed by atoms with van der Waals surface area (Å²) >= 11 is 0. The van der Waals surface area contributed by atoms with Crippen molar-refractivity contribution in [1.29, 1.82) is 0 Å². The number of hydrogen-bond acceptors (Lipinski definition) is 5. The summed E-state index contributed by atoms with van der Waals surface area (Å²) < 4.78 is 10.8. The van der Waals surface area contributed by atoms with Crippen LogP contribution in [0.4, 0.5) is 11.4 Å². The predicted octanol–water partition coefficient (Wildman–Crippen LogP) is 1.65. The van der Waals surface area contributed by atoms with Crippen molar-refractivity contribution >= 4 is 11.4 Å². The van der Waals surface area contributed by atoms with E-state index in [0.717, 1.165) is 5.69 Å². The molecule has 0 bridgehead atoms. The minimum Gasteiger partial charge on any atom is -0.492 e. The van der Waals surface area contributed by atoms with E-state index in [1.807, 2.05) is 37.1 Å². The summed E-state index contributed by atoms with van der Waals surface area (Å²) in [6.45, 7) is 4.33. The van der Waals surface area contributed by atoms with Crippen LogP contribution in [0.5, 0.6) is 5.75 Å². The van der Waals surface area contributed by atoms with Gasteiger partial charge in [-0.25, -0.2) is 0 Å². The van der Waals surface area contributed by atoms with Gasteiger partial charge in [0.15, 0.2) is 0 Å². The van der Waals surface area contributed by atoms with E-state index in [9.17, 15) is 5.11 Å². The van der Waals surface area contributed by atoms with Gasteiger partial charge in [0, 0.05) is 51.4 Å². The van der Waals surface area contributed by atoms with Crippen LogP contribution in [0.3, 0.4) is 0 Å². The Balaban J connectivity index is 2.08. The fourth-order valence-corrected chi connectivity index (χ4v) is 2.48. The van der Waals surface area contributed by atoms with E-state index in [1.54, 1.807) is 0 Å². The summed E-state index contributed by atoms with van der Waals surface area (Å²) in [5.41, 5.74) is 6.82. The van der Waals surface area contributed by atoms with Crippen LogP contribution < -0.4 is 15.4 Å². The van der Waals surface area contributed by atoms with Crippen molar-refractivity contribution < 1.29 is 14.6 Å². The average Bonchev–Trinajstić information content (AvgIpc) is 2.41. The van der Waals surface area contributed by atoms with Crippen LogP contribution in [0.2, 0.25) is 0 Å². The van der Waals surface area contributed by atoms with Crippen LogP contribution >= 0.6 is 0 Å². The second kappa shape index (κ2) is 6.33. The van der Waals surface area contributed by atoms with Gasteiger partial charge in [0.05, 0.1) is 17.9 Å². The van der Waals surface area contributed by atoms with Crippen molar-refractivity contribution in [3.8, 4) is 5.75 Å². The first kappa shape index (κ1) is 14.9. The lowest BCUT2D eigenvalue weighted by Gasteiger charge is -2.36. The smallest absolute Gasteiger partial charge is 0.144 e. The zero-order valence-corrected chi connectivity index (χ0v) is 12.3. The Morgan fingerprint density at radius 2 is 2.10 bits per heavy atom. The topological polar surface area (TPSA) is 68.0 Å². The number of benzene rings is 1. The van der Waals surface area contributed by atoms with Crippen LogP contribution in [-0.4, -0.2) is 44.1 Å². The molecule has 0 spiro atoms. The molecule has 2 rings (SSSR count). The zero-order valence-electron chi connectivity index (χ0n) is 12.3. The molecular formula is C15H24N2O3. The molecule has 0 amide bonds. The summed E-state index contributed by atoms with van der Waals surface area (Å²) in [7, 11) is 1.97. The van der Waals surface area contributed by atoms with E-state index < -0.39 is 5.60 Å². The Kier molecular flexibility index (Phi) is 4.73. The van der Waals surface area contributed by atoms with Gasteiger partial charge in [0.25, 0.3) is 0 Å². The fourth-order valence-electron chi connectivity index (χ4n) is 2.48. The molecule has 1 fully saturated rings. The number of nitrogens with zero attached hydrogens (tertiary/aromatic N) is 1. The van der Waals surface area contributed by atoms with E-state index in [2.05, 4.69) is 0 Å². The molecule has 1 heterocycles. The highest BCUT2D eigenvalue weighted by atomic mass is 16.5. The van der Waals surface area contributed by atoms with Gasteiger partial charge in [0.2, 0.25) is 0 Å². The summed E-state index contributed by atoms with van der Waals surface area (Å²) in [4.78, 5) is 2.04. The lowest BCUT2D eigenvalue weighted by molar-refractivity contribution is -0.0572. The number of rotatable bonds is 5. The highest BCUT2D eigenvalue weighted by molar-refractivity contribution is 5.62. The molecule has 1 saturated heterocycles. The number of anilines is 2. The van der Waals surface area contributed by atoms with Crippen molar-refractivity contribution in [2.75, 3.05) is 44.0 Å². The monoisotopic (exact) mass is 280 g/mol. The third-order valence-corrected chi connectivity index (χ3v) is 3.69. The zero-order chi connectivity index (χ0) is 14.6. The van der Waals surface area contributed by atoms with E-state index in [0.29, 0.717) is 50.6 Å². The van der Waals surface area contributed by atoms with Gasteiger partial charge in [-0.1, -0.05) is 0 Å². The molecule has 3 N–H and O–H groups in total. The average molecular weight is 280 g/mol. The summed E-state index contributed by atoms with van der Waals surface area (Å²) in [5.74, 6) is 0.691. The van der Waals surface area contributed by atoms with Crippen LogP contribution in [0, 0.1) is 0 Å². The van der Waals surface area contributed by atoms with Crippen LogP contribution in [0.15, 0.2) is 18.2 Å². The Hall–Kier alpha value is -1.46. The highest BCUT2D eigenvalue weighted by Crippen LogP contribution is 2.29. The number of likely N-dealkylation sites (N-methyl/N-ethyl adjacent to an activating group) is 1. The molecular weight excluding hydrogens is 256 g/mol. The summed E-state index contributed by atoms with van der Waals surface area (Å²) in [6.07, 6.45) is 1.34. The minimum absolute atomic E-state index is 0.575. The molecule has 0 atom stereocenters. The maximum atomic E-state index is 10.6. The molecule has 5 nitrogen and oxygen atoms in total. The van der Waals surface area contributed by atoms with Crippen molar-refractivity contribution in [2.24, 2.45) is 0 Å². The molecule has 0 saturated carbocycles. The summed E-state index contributed by atoms with van der Waals surface area (Å²) in [6, 6.07) is 5.70. The number of nitrogen functional groups attached to an aromatic ring is 1. The Morgan fingerprint density at radius 3 is 2.75 bits per heavy atom. The normalized spacial score (nSPS) is 17.8. The lowest BCUT2D eigenvalue weighted by Crippen LogP contribution is -2.45. The molecule has 1 aromatic rings. The maximum absolute atomic E-state index is 10.6. The highest BCUT2D eigenvalue weighted by Gasteiger charge is 2.31. The van der Waals surface area contributed by atoms with Crippen molar-refractivity contribution in [1.82, 2.24) is 0 Å². The van der Waals surface area contributed by atoms with Crippen molar-refractivity contribution in [3.05, 3.63) is 18.2 Å². The van der Waals surface area contributed by atoms with Crippen LogP contribution in [0.25, 0.3) is 0 Å². The molecule has 1 aromatic carbocycles. The van der Waals surface area contributed by atoms with Gasteiger partial charge in [-0.15, -0.1) is 0 Å². The van der Waals surface area contributed by atoms with Gasteiger partial charge < -0.3 is 25.2 Å². The molecule has 0 radical (unpaired) electrons. The summed E-state index contributed by atoms with van der Waals surface area (Å²) in [5, 5.41) is 10.6. The Bertz CT molecular complexity index is 445. The molecule has 0 aromatic heterocycles. The van der Waals surface area contributed by atoms with E-state index >= 15 is 0 Å². The van der Waals surface area contributed by atoms with Crippen molar-refractivity contribution in [3.63, 3.8) is 0 Å². The molecule has 0 aliphatic carbocycles. The van der Waals surface area contributed by atoms with Crippen molar-refractivity contribution in [2.45, 2.75) is 25.4 Å². The largest absolute Gasteiger partial charge is 0.492 e. The standard InChI is InChI=1S/C15H24N2O3/c1-3-20-14-10-12(4-5-13(14)16)17(2)11-15(18)6-8-19-9-7-15/h4-5,10,18H,3,6-9,11,16H2,1-2H3. The molecule has 20 heavy (non-hydrogen) atoms. The fraction of sp³-hybridized carbons (Fsp3) is 0.600. The van der Waals surface area contributed by atoms with Gasteiger partial charge >= 0.3 is 0 Å². The number of ether oxygens (including phenoxy) is 2. The second-order valence-electron chi connectivity index (χ2n) is 5.35.